The molecule has 0 saturated heterocycles. The zero-order chi connectivity index (χ0) is 13.8. The van der Waals surface area contributed by atoms with Gasteiger partial charge in [0.25, 0.3) is 0 Å². The summed E-state index contributed by atoms with van der Waals surface area (Å²) in [5.41, 5.74) is 0.225. The fraction of sp³-hybridized carbons (Fsp3) is 0.231. The second-order valence-corrected chi connectivity index (χ2v) is 4.30. The van der Waals surface area contributed by atoms with Gasteiger partial charge in [-0.3, -0.25) is 0 Å². The van der Waals surface area contributed by atoms with Crippen molar-refractivity contribution in [1.29, 1.82) is 0 Å². The van der Waals surface area contributed by atoms with E-state index in [0.29, 0.717) is 6.54 Å². The van der Waals surface area contributed by atoms with E-state index in [9.17, 15) is 9.18 Å². The van der Waals surface area contributed by atoms with Gasteiger partial charge in [0.1, 0.15) is 5.82 Å². The molecule has 6 heteroatoms. The highest BCUT2D eigenvalue weighted by Gasteiger charge is 2.10. The molecule has 0 fully saturated rings. The molecule has 0 bridgehead atoms. The maximum Gasteiger partial charge on any atom is 0.335 e. The average molecular weight is 263 g/mol. The molecule has 5 nitrogen and oxygen atoms in total. The molecule has 0 aliphatic rings. The number of nitrogens with one attached hydrogen (secondary N) is 1. The van der Waals surface area contributed by atoms with Crippen LogP contribution in [-0.4, -0.2) is 26.7 Å². The Hall–Kier alpha value is -2.37. The highest BCUT2D eigenvalue weighted by Crippen LogP contribution is 2.17. The number of aromatic nitrogens is 2. The first-order chi connectivity index (χ1) is 9.06. The van der Waals surface area contributed by atoms with Gasteiger partial charge in [-0.2, -0.15) is 0 Å². The minimum atomic E-state index is -1.14. The van der Waals surface area contributed by atoms with Crippen molar-refractivity contribution < 1.29 is 14.3 Å². The molecule has 1 atom stereocenters. The number of hydrogen-bond acceptors (Lipinski definition) is 3. The van der Waals surface area contributed by atoms with Crippen molar-refractivity contribution in [2.24, 2.45) is 0 Å². The highest BCUT2D eigenvalue weighted by atomic mass is 19.1. The summed E-state index contributed by atoms with van der Waals surface area (Å²) in [6.45, 7) is 2.55. The Bertz CT molecular complexity index is 569. The van der Waals surface area contributed by atoms with Gasteiger partial charge in [0.2, 0.25) is 0 Å². The van der Waals surface area contributed by atoms with Crippen LogP contribution in [0.3, 0.4) is 0 Å². The standard InChI is InChI=1S/C13H14FN3O2/c1-9(7-17-5-4-15-8-17)16-12-3-2-10(13(18)19)6-11(12)14/h2-6,8-9,16H,7H2,1H3,(H,18,19). The molecule has 0 spiro atoms. The molecule has 0 aliphatic heterocycles. The number of imidazole rings is 1. The van der Waals surface area contributed by atoms with E-state index in [1.807, 2.05) is 17.7 Å². The summed E-state index contributed by atoms with van der Waals surface area (Å²) in [4.78, 5) is 14.6. The summed E-state index contributed by atoms with van der Waals surface area (Å²) in [7, 11) is 0. The van der Waals surface area contributed by atoms with Gasteiger partial charge in [-0.15, -0.1) is 0 Å². The van der Waals surface area contributed by atoms with Crippen molar-refractivity contribution in [3.8, 4) is 0 Å². The van der Waals surface area contributed by atoms with Crippen molar-refractivity contribution >= 4 is 11.7 Å². The Balaban J connectivity index is 2.04. The van der Waals surface area contributed by atoms with E-state index in [1.165, 1.54) is 12.1 Å². The number of halogens is 1. The molecule has 0 amide bonds. The largest absolute Gasteiger partial charge is 0.478 e. The van der Waals surface area contributed by atoms with E-state index in [4.69, 9.17) is 5.11 Å². The third-order valence-corrected chi connectivity index (χ3v) is 2.66. The molecule has 1 unspecified atom stereocenters. The summed E-state index contributed by atoms with van der Waals surface area (Å²) in [6, 6.07) is 3.80. The van der Waals surface area contributed by atoms with E-state index in [0.717, 1.165) is 6.07 Å². The number of hydrogen-bond donors (Lipinski definition) is 2. The molecular formula is C13H14FN3O2. The van der Waals surface area contributed by atoms with E-state index in [2.05, 4.69) is 10.3 Å². The smallest absolute Gasteiger partial charge is 0.335 e. The summed E-state index contributed by atoms with van der Waals surface area (Å²) in [5, 5.41) is 11.8. The minimum Gasteiger partial charge on any atom is -0.478 e. The van der Waals surface area contributed by atoms with Crippen molar-refractivity contribution in [1.82, 2.24) is 9.55 Å². The van der Waals surface area contributed by atoms with Crippen molar-refractivity contribution in [3.63, 3.8) is 0 Å². The van der Waals surface area contributed by atoms with E-state index < -0.39 is 11.8 Å². The number of aromatic carboxylic acids is 1. The van der Waals surface area contributed by atoms with Crippen molar-refractivity contribution in [2.45, 2.75) is 19.5 Å². The highest BCUT2D eigenvalue weighted by molar-refractivity contribution is 5.88. The molecule has 100 valence electrons. The molecule has 1 heterocycles. The predicted molar refractivity (Wildman–Crippen MR) is 68.7 cm³/mol. The zero-order valence-electron chi connectivity index (χ0n) is 10.4. The first-order valence-corrected chi connectivity index (χ1v) is 5.81. The molecule has 2 N–H and O–H groups in total. The Morgan fingerprint density at radius 1 is 1.58 bits per heavy atom. The molecule has 19 heavy (non-hydrogen) atoms. The number of carboxylic acids is 1. The van der Waals surface area contributed by atoms with Gasteiger partial charge < -0.3 is 15.0 Å². The first-order valence-electron chi connectivity index (χ1n) is 5.81. The second-order valence-electron chi connectivity index (χ2n) is 4.30. The van der Waals surface area contributed by atoms with Gasteiger partial charge in [0.05, 0.1) is 17.6 Å². The Kier molecular flexibility index (Phi) is 3.79. The van der Waals surface area contributed by atoms with E-state index in [1.54, 1.807) is 12.5 Å². The number of carbonyl (C=O) groups is 1. The topological polar surface area (TPSA) is 67.2 Å². The second kappa shape index (κ2) is 5.51. The van der Waals surface area contributed by atoms with Crippen LogP contribution >= 0.6 is 0 Å². The molecular weight excluding hydrogens is 249 g/mol. The van der Waals surface area contributed by atoms with E-state index >= 15 is 0 Å². The Labute approximate surface area is 109 Å². The molecule has 2 rings (SSSR count). The molecule has 0 aliphatic carbocycles. The molecule has 0 radical (unpaired) electrons. The molecule has 1 aromatic carbocycles. The first kappa shape index (κ1) is 13.1. The number of anilines is 1. The normalized spacial score (nSPS) is 12.1. The zero-order valence-corrected chi connectivity index (χ0v) is 10.4. The third-order valence-electron chi connectivity index (χ3n) is 2.66. The minimum absolute atomic E-state index is 0.0145. The number of carboxylic acid groups (broad SMARTS) is 1. The third kappa shape index (κ3) is 3.31. The van der Waals surface area contributed by atoms with Crippen LogP contribution in [0.2, 0.25) is 0 Å². The van der Waals surface area contributed by atoms with Crippen LogP contribution in [0.5, 0.6) is 0 Å². The Morgan fingerprint density at radius 3 is 2.95 bits per heavy atom. The van der Waals surface area contributed by atoms with Crippen molar-refractivity contribution in [3.05, 3.63) is 48.3 Å². The molecule has 0 saturated carbocycles. The number of benzene rings is 1. The van der Waals surface area contributed by atoms with Crippen LogP contribution < -0.4 is 5.32 Å². The maximum atomic E-state index is 13.7. The van der Waals surface area contributed by atoms with Gasteiger partial charge in [0.15, 0.2) is 0 Å². The van der Waals surface area contributed by atoms with Crippen LogP contribution in [0.1, 0.15) is 17.3 Å². The average Bonchev–Trinajstić information content (AvgIpc) is 2.84. The summed E-state index contributed by atoms with van der Waals surface area (Å²) >= 11 is 0. The van der Waals surface area contributed by atoms with Crippen LogP contribution in [0, 0.1) is 5.82 Å². The van der Waals surface area contributed by atoms with Gasteiger partial charge in [-0.25, -0.2) is 14.2 Å². The maximum absolute atomic E-state index is 13.7. The summed E-state index contributed by atoms with van der Waals surface area (Å²) in [6.07, 6.45) is 5.18. The quantitative estimate of drug-likeness (QED) is 0.868. The number of nitrogens with zero attached hydrogens (tertiary/aromatic N) is 2. The Morgan fingerprint density at radius 2 is 2.37 bits per heavy atom. The van der Waals surface area contributed by atoms with Gasteiger partial charge in [-0.05, 0) is 25.1 Å². The predicted octanol–water partition coefficient (Wildman–Crippen LogP) is 2.22. The van der Waals surface area contributed by atoms with Gasteiger partial charge >= 0.3 is 5.97 Å². The lowest BCUT2D eigenvalue weighted by molar-refractivity contribution is 0.0696. The summed E-state index contributed by atoms with van der Waals surface area (Å²) < 4.78 is 15.6. The van der Waals surface area contributed by atoms with Crippen LogP contribution in [0.4, 0.5) is 10.1 Å². The lowest BCUT2D eigenvalue weighted by Crippen LogP contribution is -2.22. The lowest BCUT2D eigenvalue weighted by Gasteiger charge is -2.16. The van der Waals surface area contributed by atoms with Crippen LogP contribution in [0.25, 0.3) is 0 Å². The lowest BCUT2D eigenvalue weighted by atomic mass is 10.2. The monoisotopic (exact) mass is 263 g/mol. The van der Waals surface area contributed by atoms with Gasteiger partial charge in [0, 0.05) is 25.0 Å². The summed E-state index contributed by atoms with van der Waals surface area (Å²) in [5.74, 6) is -1.71. The van der Waals surface area contributed by atoms with E-state index in [-0.39, 0.29) is 17.3 Å². The van der Waals surface area contributed by atoms with Gasteiger partial charge in [-0.1, -0.05) is 0 Å². The number of rotatable bonds is 5. The van der Waals surface area contributed by atoms with Crippen LogP contribution in [0.15, 0.2) is 36.9 Å². The van der Waals surface area contributed by atoms with Crippen LogP contribution in [-0.2, 0) is 6.54 Å². The molecule has 1 aromatic heterocycles. The fourth-order valence-corrected chi connectivity index (χ4v) is 1.79. The van der Waals surface area contributed by atoms with Crippen molar-refractivity contribution in [2.75, 3.05) is 5.32 Å². The molecule has 2 aromatic rings. The SMILES string of the molecule is CC(Cn1ccnc1)Nc1ccc(C(=O)O)cc1F. The fourth-order valence-electron chi connectivity index (χ4n) is 1.79.